The molecule has 0 amide bonds. The average Bonchev–Trinajstić information content (AvgIpc) is 2.92. The van der Waals surface area contributed by atoms with Gasteiger partial charge >= 0.3 is 0 Å². The van der Waals surface area contributed by atoms with Gasteiger partial charge in [0.25, 0.3) is 0 Å². The largest absolute Gasteiger partial charge is 0.289 e. The number of halogens is 1. The standard InChI is InChI=1S/C16H12FN3/c17-14-8-4-7-13(9-14)16-10-15(19-20(16)11-18)12-5-2-1-3-6-12/h1-11,18H. The molecule has 20 heavy (non-hydrogen) atoms. The molecule has 2 aromatic carbocycles. The quantitative estimate of drug-likeness (QED) is 0.568. The van der Waals surface area contributed by atoms with Gasteiger partial charge in [-0.25, -0.2) is 9.07 Å². The second-order valence-corrected chi connectivity index (χ2v) is 4.36. The summed E-state index contributed by atoms with van der Waals surface area (Å²) in [6.45, 7) is 0. The molecule has 0 atom stereocenters. The van der Waals surface area contributed by atoms with Crippen LogP contribution in [0.15, 0.2) is 60.7 Å². The molecule has 98 valence electrons. The molecule has 3 aromatic rings. The molecule has 1 aromatic heterocycles. The predicted octanol–water partition coefficient (Wildman–Crippen LogP) is 3.81. The second kappa shape index (κ2) is 5.09. The number of aromatic nitrogens is 2. The monoisotopic (exact) mass is 265 g/mol. The second-order valence-electron chi connectivity index (χ2n) is 4.36. The minimum absolute atomic E-state index is 0.304. The summed E-state index contributed by atoms with van der Waals surface area (Å²) in [7, 11) is 0. The molecule has 4 heteroatoms. The Labute approximate surface area is 115 Å². The van der Waals surface area contributed by atoms with Gasteiger partial charge in [-0.2, -0.15) is 5.10 Å². The minimum Gasteiger partial charge on any atom is -0.289 e. The summed E-state index contributed by atoms with van der Waals surface area (Å²) < 4.78 is 14.8. The highest BCUT2D eigenvalue weighted by molar-refractivity contribution is 5.74. The zero-order chi connectivity index (χ0) is 13.9. The molecule has 0 saturated heterocycles. The van der Waals surface area contributed by atoms with Crippen molar-refractivity contribution in [3.63, 3.8) is 0 Å². The lowest BCUT2D eigenvalue weighted by molar-refractivity contribution is 0.628. The van der Waals surface area contributed by atoms with Gasteiger partial charge in [-0.1, -0.05) is 42.5 Å². The first-order chi connectivity index (χ1) is 9.78. The van der Waals surface area contributed by atoms with Crippen molar-refractivity contribution < 1.29 is 4.39 Å². The SMILES string of the molecule is N=Cn1nc(-c2ccccc2)cc1-c1cccc(F)c1. The van der Waals surface area contributed by atoms with Gasteiger partial charge in [-0.15, -0.1) is 0 Å². The third-order valence-electron chi connectivity index (χ3n) is 3.05. The van der Waals surface area contributed by atoms with Crippen LogP contribution in [0.4, 0.5) is 4.39 Å². The Hall–Kier alpha value is -2.75. The molecule has 3 rings (SSSR count). The third kappa shape index (κ3) is 2.23. The van der Waals surface area contributed by atoms with Gasteiger partial charge in [-0.3, -0.25) is 5.41 Å². The van der Waals surface area contributed by atoms with E-state index in [1.54, 1.807) is 12.1 Å². The Morgan fingerprint density at radius 3 is 2.40 bits per heavy atom. The molecular formula is C16H12FN3. The Kier molecular flexibility index (Phi) is 3.13. The number of benzene rings is 2. The van der Waals surface area contributed by atoms with E-state index in [9.17, 15) is 4.39 Å². The van der Waals surface area contributed by atoms with Gasteiger partial charge in [0.05, 0.1) is 11.4 Å². The summed E-state index contributed by atoms with van der Waals surface area (Å²) in [5.41, 5.74) is 3.11. The Bertz CT molecular complexity index is 747. The van der Waals surface area contributed by atoms with Crippen molar-refractivity contribution in [2.24, 2.45) is 0 Å². The molecule has 1 heterocycles. The van der Waals surface area contributed by atoms with Crippen LogP contribution in [0, 0.1) is 11.2 Å². The smallest absolute Gasteiger partial charge is 0.123 e. The number of rotatable bonds is 3. The predicted molar refractivity (Wildman–Crippen MR) is 77.2 cm³/mol. The summed E-state index contributed by atoms with van der Waals surface area (Å²) in [6.07, 6.45) is 1.12. The lowest BCUT2D eigenvalue weighted by Gasteiger charge is -2.00. The van der Waals surface area contributed by atoms with Gasteiger partial charge in [0.2, 0.25) is 0 Å². The van der Waals surface area contributed by atoms with Crippen LogP contribution in [-0.2, 0) is 0 Å². The molecule has 0 aliphatic carbocycles. The highest BCUT2D eigenvalue weighted by Gasteiger charge is 2.10. The number of nitrogens with zero attached hydrogens (tertiary/aromatic N) is 2. The van der Waals surface area contributed by atoms with Gasteiger partial charge in [0.1, 0.15) is 12.2 Å². The fourth-order valence-electron chi connectivity index (χ4n) is 2.11. The van der Waals surface area contributed by atoms with Crippen LogP contribution in [0.1, 0.15) is 0 Å². The maximum atomic E-state index is 13.3. The molecule has 0 bridgehead atoms. The van der Waals surface area contributed by atoms with Crippen molar-refractivity contribution in [1.29, 1.82) is 5.41 Å². The van der Waals surface area contributed by atoms with Crippen molar-refractivity contribution >= 4 is 6.34 Å². The van der Waals surface area contributed by atoms with Gasteiger partial charge in [0.15, 0.2) is 0 Å². The molecule has 0 saturated carbocycles. The van der Waals surface area contributed by atoms with Gasteiger partial charge < -0.3 is 0 Å². The van der Waals surface area contributed by atoms with Crippen LogP contribution < -0.4 is 0 Å². The van der Waals surface area contributed by atoms with E-state index >= 15 is 0 Å². The summed E-state index contributed by atoms with van der Waals surface area (Å²) >= 11 is 0. The van der Waals surface area contributed by atoms with Crippen LogP contribution in [0.5, 0.6) is 0 Å². The molecule has 3 nitrogen and oxygen atoms in total. The van der Waals surface area contributed by atoms with Crippen molar-refractivity contribution in [3.8, 4) is 22.5 Å². The van der Waals surface area contributed by atoms with E-state index in [0.717, 1.165) is 17.6 Å². The normalized spacial score (nSPS) is 10.4. The summed E-state index contributed by atoms with van der Waals surface area (Å²) in [6, 6.07) is 17.8. The van der Waals surface area contributed by atoms with E-state index in [1.165, 1.54) is 16.8 Å². The zero-order valence-corrected chi connectivity index (χ0v) is 10.6. The van der Waals surface area contributed by atoms with E-state index in [2.05, 4.69) is 5.10 Å². The first-order valence-corrected chi connectivity index (χ1v) is 6.19. The van der Waals surface area contributed by atoms with Crippen LogP contribution in [-0.4, -0.2) is 16.1 Å². The van der Waals surface area contributed by atoms with E-state index in [4.69, 9.17) is 5.41 Å². The number of hydrogen-bond acceptors (Lipinski definition) is 2. The van der Waals surface area contributed by atoms with Gasteiger partial charge in [-0.05, 0) is 18.2 Å². The van der Waals surface area contributed by atoms with Crippen LogP contribution >= 0.6 is 0 Å². The summed E-state index contributed by atoms with van der Waals surface area (Å²) in [5.74, 6) is -0.304. The van der Waals surface area contributed by atoms with E-state index in [1.807, 2.05) is 36.4 Å². The molecule has 0 fully saturated rings. The fourth-order valence-corrected chi connectivity index (χ4v) is 2.11. The Morgan fingerprint density at radius 2 is 1.70 bits per heavy atom. The lowest BCUT2D eigenvalue weighted by Crippen LogP contribution is -1.99. The zero-order valence-electron chi connectivity index (χ0n) is 10.6. The molecule has 0 unspecified atom stereocenters. The van der Waals surface area contributed by atoms with Crippen molar-refractivity contribution in [3.05, 3.63) is 66.5 Å². The third-order valence-corrected chi connectivity index (χ3v) is 3.05. The topological polar surface area (TPSA) is 41.7 Å². The van der Waals surface area contributed by atoms with Crippen LogP contribution in [0.25, 0.3) is 22.5 Å². The molecule has 0 radical (unpaired) electrons. The first kappa shape index (κ1) is 12.3. The maximum absolute atomic E-state index is 13.3. The number of nitrogens with one attached hydrogen (secondary N) is 1. The molecular weight excluding hydrogens is 253 g/mol. The Balaban J connectivity index is 2.13. The van der Waals surface area contributed by atoms with E-state index in [-0.39, 0.29) is 5.82 Å². The summed E-state index contributed by atoms with van der Waals surface area (Å²) in [4.78, 5) is 0. The molecule has 0 aliphatic rings. The van der Waals surface area contributed by atoms with Gasteiger partial charge in [0, 0.05) is 11.1 Å². The van der Waals surface area contributed by atoms with E-state index < -0.39 is 0 Å². The first-order valence-electron chi connectivity index (χ1n) is 6.19. The fraction of sp³-hybridized carbons (Fsp3) is 0. The van der Waals surface area contributed by atoms with Crippen molar-refractivity contribution in [1.82, 2.24) is 9.78 Å². The Morgan fingerprint density at radius 1 is 0.950 bits per heavy atom. The molecule has 1 N–H and O–H groups in total. The highest BCUT2D eigenvalue weighted by Crippen LogP contribution is 2.25. The van der Waals surface area contributed by atoms with Crippen molar-refractivity contribution in [2.75, 3.05) is 0 Å². The lowest BCUT2D eigenvalue weighted by atomic mass is 10.1. The van der Waals surface area contributed by atoms with E-state index in [0.29, 0.717) is 11.3 Å². The summed E-state index contributed by atoms with van der Waals surface area (Å²) in [5, 5.41) is 11.8. The highest BCUT2D eigenvalue weighted by atomic mass is 19.1. The molecule has 0 aliphatic heterocycles. The maximum Gasteiger partial charge on any atom is 0.123 e. The van der Waals surface area contributed by atoms with Crippen LogP contribution in [0.3, 0.4) is 0 Å². The minimum atomic E-state index is -0.304. The van der Waals surface area contributed by atoms with Crippen molar-refractivity contribution in [2.45, 2.75) is 0 Å². The molecule has 0 spiro atoms. The van der Waals surface area contributed by atoms with Crippen LogP contribution in [0.2, 0.25) is 0 Å². The average molecular weight is 265 g/mol. The number of hydrogen-bond donors (Lipinski definition) is 1.